The second-order valence-corrected chi connectivity index (χ2v) is 21.0. The van der Waals surface area contributed by atoms with Gasteiger partial charge in [0.25, 0.3) is 0 Å². The fourth-order valence-corrected chi connectivity index (χ4v) is 8.19. The molecule has 0 saturated carbocycles. The summed E-state index contributed by atoms with van der Waals surface area (Å²) in [7, 11) is 0. The number of hydrogen-bond donors (Lipinski definition) is 16. The van der Waals surface area contributed by atoms with Crippen molar-refractivity contribution in [2.45, 2.75) is 211 Å². The van der Waals surface area contributed by atoms with Crippen LogP contribution in [0.2, 0.25) is 0 Å². The molecule has 6 unspecified atom stereocenters. The van der Waals surface area contributed by atoms with Gasteiger partial charge in [0, 0.05) is 37.0 Å². The van der Waals surface area contributed by atoms with E-state index < -0.39 is 156 Å². The van der Waals surface area contributed by atoms with E-state index in [4.69, 9.17) is 22.9 Å². The van der Waals surface area contributed by atoms with Gasteiger partial charge in [0.2, 0.25) is 59.1 Å². The van der Waals surface area contributed by atoms with Gasteiger partial charge in [-0.3, -0.25) is 47.9 Å². The molecule has 1 fully saturated rings. The highest BCUT2D eigenvalue weighted by Crippen LogP contribution is 2.13. The Labute approximate surface area is 451 Å². The van der Waals surface area contributed by atoms with Crippen LogP contribution in [0.15, 0.2) is 30.3 Å². The zero-order chi connectivity index (χ0) is 58.6. The van der Waals surface area contributed by atoms with Crippen molar-refractivity contribution in [1.29, 1.82) is 0 Å². The van der Waals surface area contributed by atoms with Gasteiger partial charge in [-0.05, 0) is 78.7 Å². The Morgan fingerprint density at radius 2 is 1.05 bits per heavy atom. The molecule has 1 aliphatic rings. The first kappa shape index (κ1) is 66.8. The highest BCUT2D eigenvalue weighted by atomic mass is 16.3. The summed E-state index contributed by atoms with van der Waals surface area (Å²) in [6.07, 6.45) is -1.04. The average Bonchev–Trinajstić information content (AvgIpc) is 3.33. The van der Waals surface area contributed by atoms with Gasteiger partial charge in [-0.1, -0.05) is 70.9 Å². The van der Waals surface area contributed by atoms with Crippen molar-refractivity contribution in [3.63, 3.8) is 0 Å². The molecule has 1 aromatic carbocycles. The zero-order valence-corrected chi connectivity index (χ0v) is 46.3. The molecule has 434 valence electrons. The van der Waals surface area contributed by atoms with Gasteiger partial charge in [0.05, 0.1) is 18.2 Å². The molecule has 1 aromatic rings. The largest absolute Gasteiger partial charge is 0.391 e. The number of rotatable bonds is 22. The minimum absolute atomic E-state index is 0.0239. The van der Waals surface area contributed by atoms with Crippen molar-refractivity contribution in [2.24, 2.45) is 34.8 Å². The third-order valence-electron chi connectivity index (χ3n) is 13.1. The molecule has 0 aliphatic carbocycles. The molecule has 0 bridgehead atoms. The molecule has 2 rings (SSSR count). The first-order chi connectivity index (χ1) is 35.9. The van der Waals surface area contributed by atoms with Gasteiger partial charge in [-0.2, -0.15) is 0 Å². The van der Waals surface area contributed by atoms with Crippen molar-refractivity contribution >= 4 is 59.1 Å². The van der Waals surface area contributed by atoms with Crippen molar-refractivity contribution < 1.29 is 58.2 Å². The van der Waals surface area contributed by atoms with Gasteiger partial charge in [-0.15, -0.1) is 0 Å². The average molecular weight is 1090 g/mol. The molecular formula is C51H88N14O12. The maximum Gasteiger partial charge on any atom is 0.245 e. The number of carbonyl (C=O) groups excluding carboxylic acids is 10. The molecule has 77 heavy (non-hydrogen) atoms. The SMILES string of the molecule is CCC(C)CCCC(=O)N[C@H](C(=O)N[C@H](C(=O)N[C@H](C(=O)N[C@@H]1C(=O)N[C@@H](Cc2ccccc2)C(=O)N[C@@H](CC(C)C)C(=O)N[C@@H](C(C)N)C(=O)N[C@@H](C(C)N)C(=O)N[C@@H]([C@@H](C)O)C(=O)NC1C)C(C)N)[C@@H](C)O)C(C)N. The highest BCUT2D eigenvalue weighted by molar-refractivity contribution is 6.00. The fourth-order valence-electron chi connectivity index (χ4n) is 8.19. The first-order valence-electron chi connectivity index (χ1n) is 26.3. The Hall–Kier alpha value is -6.32. The molecule has 1 aliphatic heterocycles. The second kappa shape index (κ2) is 31.8. The lowest BCUT2D eigenvalue weighted by Gasteiger charge is -2.32. The minimum atomic E-state index is -1.87. The second-order valence-electron chi connectivity index (χ2n) is 21.0. The van der Waals surface area contributed by atoms with E-state index >= 15 is 0 Å². The Morgan fingerprint density at radius 3 is 1.55 bits per heavy atom. The van der Waals surface area contributed by atoms with Crippen molar-refractivity contribution in [3.8, 4) is 0 Å². The van der Waals surface area contributed by atoms with Crippen LogP contribution < -0.4 is 76.1 Å². The van der Waals surface area contributed by atoms with Gasteiger partial charge in [0.15, 0.2) is 0 Å². The summed E-state index contributed by atoms with van der Waals surface area (Å²) in [4.78, 5) is 140. The maximum absolute atomic E-state index is 14.8. The van der Waals surface area contributed by atoms with Gasteiger partial charge < -0.3 is 86.3 Å². The summed E-state index contributed by atoms with van der Waals surface area (Å²) in [6.45, 7) is 16.8. The first-order valence-corrected chi connectivity index (χ1v) is 26.3. The van der Waals surface area contributed by atoms with Crippen LogP contribution in [0.5, 0.6) is 0 Å². The van der Waals surface area contributed by atoms with E-state index in [1.54, 1.807) is 44.2 Å². The summed E-state index contributed by atoms with van der Waals surface area (Å²) in [5.74, 6) is -9.40. The molecule has 0 aromatic heterocycles. The standard InChI is InChI=1S/C51H88N14O12/c1-12-24(4)17-16-20-35(68)59-36(25(5)52)45(71)65-42(31(11)67)51(77)62-38(27(7)54)47(73)63-40-29(9)56-50(76)41(30(10)66)64-48(74)39(28(8)55)61-46(72)37(26(6)53)60-44(70)33(21-23(2)3)57-43(69)34(58-49(40)75)22-32-18-14-13-15-19-32/h13-15,18-19,23-31,33-34,36-42,66-67H,12,16-17,20-22,52-55H2,1-11H3,(H,56,76)(H,57,69)(H,58,75)(H,59,68)(H,60,70)(H,61,72)(H,62,77)(H,63,73)(H,64,74)(H,65,71)/t24?,25?,26?,27?,28?,29?,30-,31-,33+,34+,36+,37+,38+,39+,40+,41+,42+/m1/s1. The van der Waals surface area contributed by atoms with E-state index in [2.05, 4.69) is 60.1 Å². The predicted molar refractivity (Wildman–Crippen MR) is 286 cm³/mol. The summed E-state index contributed by atoms with van der Waals surface area (Å²) < 4.78 is 0. The van der Waals surface area contributed by atoms with E-state index in [9.17, 15) is 58.2 Å². The Bertz CT molecular complexity index is 2160. The fraction of sp³-hybridized carbons (Fsp3) is 0.686. The smallest absolute Gasteiger partial charge is 0.245 e. The maximum atomic E-state index is 14.8. The quantitative estimate of drug-likeness (QED) is 0.0521. The highest BCUT2D eigenvalue weighted by Gasteiger charge is 2.41. The summed E-state index contributed by atoms with van der Waals surface area (Å²) in [5, 5.41) is 46.7. The lowest BCUT2D eigenvalue weighted by atomic mass is 9.99. The summed E-state index contributed by atoms with van der Waals surface area (Å²) >= 11 is 0. The van der Waals surface area contributed by atoms with Crippen LogP contribution in [0, 0.1) is 11.8 Å². The number of nitrogens with two attached hydrogens (primary N) is 4. The van der Waals surface area contributed by atoms with Crippen LogP contribution in [0.3, 0.4) is 0 Å². The molecule has 20 N–H and O–H groups in total. The number of aliphatic hydroxyl groups is 2. The zero-order valence-electron chi connectivity index (χ0n) is 46.3. The Morgan fingerprint density at radius 1 is 0.584 bits per heavy atom. The van der Waals surface area contributed by atoms with Crippen LogP contribution in [0.1, 0.15) is 114 Å². The van der Waals surface area contributed by atoms with Crippen molar-refractivity contribution in [3.05, 3.63) is 35.9 Å². The monoisotopic (exact) mass is 1090 g/mol. The number of carbonyl (C=O) groups is 10. The molecule has 1 heterocycles. The summed E-state index contributed by atoms with van der Waals surface area (Å²) in [5.41, 5.74) is 25.2. The number of benzene rings is 1. The van der Waals surface area contributed by atoms with Crippen LogP contribution in [0.4, 0.5) is 0 Å². The normalized spacial score (nSPS) is 25.2. The number of nitrogens with one attached hydrogen (secondary N) is 10. The molecule has 17 atom stereocenters. The van der Waals surface area contributed by atoms with E-state index in [0.29, 0.717) is 17.9 Å². The van der Waals surface area contributed by atoms with E-state index in [1.165, 1.54) is 48.5 Å². The third-order valence-corrected chi connectivity index (χ3v) is 13.1. The Kier molecular flexibility index (Phi) is 27.6. The molecule has 0 radical (unpaired) electrons. The topological polar surface area (TPSA) is 436 Å². The van der Waals surface area contributed by atoms with E-state index in [-0.39, 0.29) is 25.2 Å². The van der Waals surface area contributed by atoms with E-state index in [1.807, 2.05) is 6.92 Å². The van der Waals surface area contributed by atoms with Gasteiger partial charge in [0.1, 0.15) is 54.4 Å². The number of amides is 10. The minimum Gasteiger partial charge on any atom is -0.391 e. The molecular weight excluding hydrogens is 1000 g/mol. The van der Waals surface area contributed by atoms with Crippen LogP contribution in [-0.4, -0.2) is 166 Å². The molecule has 1 saturated heterocycles. The van der Waals surface area contributed by atoms with Crippen molar-refractivity contribution in [2.75, 3.05) is 0 Å². The Balaban J connectivity index is 2.72. The molecule has 0 spiro atoms. The summed E-state index contributed by atoms with van der Waals surface area (Å²) in [6, 6.07) is -11.9. The van der Waals surface area contributed by atoms with Gasteiger partial charge in [-0.25, -0.2) is 0 Å². The van der Waals surface area contributed by atoms with Gasteiger partial charge >= 0.3 is 0 Å². The molecule has 10 amide bonds. The van der Waals surface area contributed by atoms with Crippen LogP contribution >= 0.6 is 0 Å². The molecule has 26 nitrogen and oxygen atoms in total. The number of aliphatic hydroxyl groups excluding tert-OH is 2. The lowest BCUT2D eigenvalue weighted by Crippen LogP contribution is -2.67. The number of hydrogen-bond acceptors (Lipinski definition) is 16. The third kappa shape index (κ3) is 21.6. The van der Waals surface area contributed by atoms with E-state index in [0.717, 1.165) is 12.8 Å². The predicted octanol–water partition coefficient (Wildman–Crippen LogP) is -4.48. The van der Waals surface area contributed by atoms with Crippen LogP contribution in [-0.2, 0) is 54.4 Å². The van der Waals surface area contributed by atoms with Crippen LogP contribution in [0.25, 0.3) is 0 Å². The molecule has 26 heteroatoms. The lowest BCUT2D eigenvalue weighted by molar-refractivity contribution is -0.137. The van der Waals surface area contributed by atoms with Crippen molar-refractivity contribution in [1.82, 2.24) is 53.2 Å².